The lowest BCUT2D eigenvalue weighted by Crippen LogP contribution is -2.53. The van der Waals surface area contributed by atoms with Crippen molar-refractivity contribution in [2.24, 2.45) is 11.7 Å². The Balaban J connectivity index is 0.00000242. The summed E-state index contributed by atoms with van der Waals surface area (Å²) in [5, 5.41) is 0.758. The van der Waals surface area contributed by atoms with Crippen molar-refractivity contribution in [3.05, 3.63) is 29.3 Å². The molecule has 0 aromatic heterocycles. The molecular formula is C16H26Cl3N3O. The number of nitrogens with zero attached hydrogens (tertiary/aromatic N) is 2. The lowest BCUT2D eigenvalue weighted by Gasteiger charge is -2.37. The van der Waals surface area contributed by atoms with Gasteiger partial charge in [0.25, 0.3) is 0 Å². The smallest absolute Gasteiger partial charge is 0.239 e. The molecule has 1 saturated heterocycles. The van der Waals surface area contributed by atoms with E-state index in [0.29, 0.717) is 19.0 Å². The van der Waals surface area contributed by atoms with Crippen molar-refractivity contribution in [2.45, 2.75) is 26.3 Å². The van der Waals surface area contributed by atoms with E-state index in [1.54, 1.807) is 0 Å². The van der Waals surface area contributed by atoms with Gasteiger partial charge in [-0.15, -0.1) is 24.8 Å². The Labute approximate surface area is 156 Å². The van der Waals surface area contributed by atoms with Crippen LogP contribution in [0.1, 0.15) is 20.3 Å². The SMILES string of the molecule is CC(C)C[C@H](N)C(=O)N1CCN(c2ccccc2Cl)CC1.Cl.Cl. The molecule has 4 nitrogen and oxygen atoms in total. The fraction of sp³-hybridized carbons (Fsp3) is 0.562. The minimum absolute atomic E-state index is 0. The van der Waals surface area contributed by atoms with Crippen LogP contribution in [-0.4, -0.2) is 43.0 Å². The number of para-hydroxylation sites is 1. The van der Waals surface area contributed by atoms with Gasteiger partial charge in [0.1, 0.15) is 0 Å². The number of carbonyl (C=O) groups is 1. The maximum atomic E-state index is 12.3. The molecule has 0 unspecified atom stereocenters. The molecule has 0 aliphatic carbocycles. The third-order valence-electron chi connectivity index (χ3n) is 3.83. The highest BCUT2D eigenvalue weighted by Crippen LogP contribution is 2.26. The minimum Gasteiger partial charge on any atom is -0.367 e. The van der Waals surface area contributed by atoms with Crippen LogP contribution in [0, 0.1) is 5.92 Å². The molecule has 2 rings (SSSR count). The first-order chi connectivity index (χ1) is 9.99. The highest BCUT2D eigenvalue weighted by molar-refractivity contribution is 6.33. The molecule has 0 bridgehead atoms. The molecule has 1 aromatic rings. The zero-order chi connectivity index (χ0) is 15.4. The van der Waals surface area contributed by atoms with E-state index in [-0.39, 0.29) is 36.8 Å². The molecule has 0 radical (unpaired) electrons. The average molecular weight is 383 g/mol. The average Bonchev–Trinajstić information content (AvgIpc) is 2.46. The summed E-state index contributed by atoms with van der Waals surface area (Å²) < 4.78 is 0. The third kappa shape index (κ3) is 6.03. The number of anilines is 1. The Kier molecular flexibility index (Phi) is 9.94. The van der Waals surface area contributed by atoms with Crippen molar-refractivity contribution < 1.29 is 4.79 Å². The number of benzene rings is 1. The summed E-state index contributed by atoms with van der Waals surface area (Å²) in [4.78, 5) is 16.4. The second-order valence-corrected chi connectivity index (χ2v) is 6.41. The molecule has 1 fully saturated rings. The Bertz CT molecular complexity index is 491. The van der Waals surface area contributed by atoms with Crippen molar-refractivity contribution >= 4 is 48.0 Å². The largest absolute Gasteiger partial charge is 0.367 e. The van der Waals surface area contributed by atoms with Gasteiger partial charge in [0.05, 0.1) is 16.8 Å². The van der Waals surface area contributed by atoms with Gasteiger partial charge in [-0.05, 0) is 24.5 Å². The number of nitrogens with two attached hydrogens (primary N) is 1. The van der Waals surface area contributed by atoms with Crippen LogP contribution >= 0.6 is 36.4 Å². The Morgan fingerprint density at radius 1 is 1.17 bits per heavy atom. The van der Waals surface area contributed by atoms with Gasteiger partial charge in [-0.1, -0.05) is 37.6 Å². The van der Waals surface area contributed by atoms with Crippen molar-refractivity contribution in [3.63, 3.8) is 0 Å². The fourth-order valence-corrected chi connectivity index (χ4v) is 2.97. The zero-order valence-electron chi connectivity index (χ0n) is 13.6. The molecule has 23 heavy (non-hydrogen) atoms. The van der Waals surface area contributed by atoms with Crippen LogP contribution in [0.5, 0.6) is 0 Å². The predicted molar refractivity (Wildman–Crippen MR) is 102 cm³/mol. The Morgan fingerprint density at radius 3 is 2.26 bits per heavy atom. The minimum atomic E-state index is -0.378. The highest BCUT2D eigenvalue weighted by Gasteiger charge is 2.26. The van der Waals surface area contributed by atoms with E-state index in [1.165, 1.54) is 0 Å². The number of carbonyl (C=O) groups excluding carboxylic acids is 1. The maximum Gasteiger partial charge on any atom is 0.239 e. The van der Waals surface area contributed by atoms with Crippen LogP contribution in [0.2, 0.25) is 5.02 Å². The van der Waals surface area contributed by atoms with Crippen LogP contribution in [0.3, 0.4) is 0 Å². The number of halogens is 3. The van der Waals surface area contributed by atoms with Crippen LogP contribution in [0.25, 0.3) is 0 Å². The molecule has 1 atom stereocenters. The summed E-state index contributed by atoms with van der Waals surface area (Å²) in [6.45, 7) is 7.17. The lowest BCUT2D eigenvalue weighted by atomic mass is 10.0. The number of hydrogen-bond acceptors (Lipinski definition) is 3. The summed E-state index contributed by atoms with van der Waals surface area (Å²) in [5.41, 5.74) is 7.03. The van der Waals surface area contributed by atoms with Crippen molar-refractivity contribution in [2.75, 3.05) is 31.1 Å². The zero-order valence-corrected chi connectivity index (χ0v) is 16.0. The molecule has 1 amide bonds. The molecular weight excluding hydrogens is 357 g/mol. The van der Waals surface area contributed by atoms with E-state index in [2.05, 4.69) is 18.7 Å². The van der Waals surface area contributed by atoms with Crippen LogP contribution in [-0.2, 0) is 4.79 Å². The molecule has 1 aromatic carbocycles. The van der Waals surface area contributed by atoms with Crippen molar-refractivity contribution in [3.8, 4) is 0 Å². The molecule has 1 aliphatic rings. The number of piperazine rings is 1. The van der Waals surface area contributed by atoms with Crippen molar-refractivity contribution in [1.82, 2.24) is 4.90 Å². The lowest BCUT2D eigenvalue weighted by molar-refractivity contribution is -0.133. The summed E-state index contributed by atoms with van der Waals surface area (Å²) in [6.07, 6.45) is 0.740. The van der Waals surface area contributed by atoms with Gasteiger partial charge in [-0.2, -0.15) is 0 Å². The summed E-state index contributed by atoms with van der Waals surface area (Å²) in [6, 6.07) is 7.45. The van der Waals surface area contributed by atoms with Gasteiger partial charge in [0, 0.05) is 26.2 Å². The quantitative estimate of drug-likeness (QED) is 0.870. The van der Waals surface area contributed by atoms with Gasteiger partial charge >= 0.3 is 0 Å². The van der Waals surface area contributed by atoms with Gasteiger partial charge in [-0.25, -0.2) is 0 Å². The van der Waals surface area contributed by atoms with Gasteiger partial charge in [0.2, 0.25) is 5.91 Å². The maximum absolute atomic E-state index is 12.3. The van der Waals surface area contributed by atoms with E-state index in [9.17, 15) is 4.79 Å². The first-order valence-electron chi connectivity index (χ1n) is 7.53. The molecule has 1 heterocycles. The molecule has 7 heteroatoms. The summed E-state index contributed by atoms with van der Waals surface area (Å²) >= 11 is 6.22. The van der Waals surface area contributed by atoms with Crippen LogP contribution < -0.4 is 10.6 Å². The van der Waals surface area contributed by atoms with Gasteiger partial charge in [0.15, 0.2) is 0 Å². The second-order valence-electron chi connectivity index (χ2n) is 6.00. The van der Waals surface area contributed by atoms with Crippen LogP contribution in [0.15, 0.2) is 24.3 Å². The number of amides is 1. The summed E-state index contributed by atoms with van der Waals surface area (Å²) in [5.74, 6) is 0.510. The topological polar surface area (TPSA) is 49.6 Å². The Morgan fingerprint density at radius 2 is 1.74 bits per heavy atom. The highest BCUT2D eigenvalue weighted by atomic mass is 35.5. The first-order valence-corrected chi connectivity index (χ1v) is 7.90. The Hall–Kier alpha value is -0.680. The third-order valence-corrected chi connectivity index (χ3v) is 4.15. The van der Waals surface area contributed by atoms with E-state index < -0.39 is 0 Å². The molecule has 1 aliphatic heterocycles. The monoisotopic (exact) mass is 381 g/mol. The molecule has 0 saturated carbocycles. The van der Waals surface area contributed by atoms with Gasteiger partial charge < -0.3 is 15.5 Å². The van der Waals surface area contributed by atoms with E-state index in [1.807, 2.05) is 29.2 Å². The van der Waals surface area contributed by atoms with Gasteiger partial charge in [-0.3, -0.25) is 4.79 Å². The van der Waals surface area contributed by atoms with E-state index >= 15 is 0 Å². The fourth-order valence-electron chi connectivity index (χ4n) is 2.72. The van der Waals surface area contributed by atoms with E-state index in [4.69, 9.17) is 17.3 Å². The normalized spacial score (nSPS) is 15.7. The van der Waals surface area contributed by atoms with Crippen LogP contribution in [0.4, 0.5) is 5.69 Å². The van der Waals surface area contributed by atoms with Crippen molar-refractivity contribution in [1.29, 1.82) is 0 Å². The van der Waals surface area contributed by atoms with E-state index in [0.717, 1.165) is 30.2 Å². The first kappa shape index (κ1) is 22.3. The predicted octanol–water partition coefficient (Wildman–Crippen LogP) is 3.21. The molecule has 2 N–H and O–H groups in total. The summed E-state index contributed by atoms with van der Waals surface area (Å²) in [7, 11) is 0. The number of rotatable bonds is 4. The number of hydrogen-bond donors (Lipinski definition) is 1. The second kappa shape index (κ2) is 10.2. The standard InChI is InChI=1S/C16H24ClN3O.2ClH/c1-12(2)11-14(18)16(21)20-9-7-19(8-10-20)15-6-4-3-5-13(15)17;;/h3-6,12,14H,7-11,18H2,1-2H3;2*1H/t14-;;/m0../s1. The molecule has 132 valence electrons. The molecule has 0 spiro atoms.